The molecule has 102 valence electrons. The molecule has 0 saturated carbocycles. The standard InChI is InChI=1S/C15H16N4S/c1-10-4-2-7-14-17-15(18-19(10)14)16-9-12-8-11-5-3-6-13(11)20-12/h2,4,7-8H,3,5-6,9H2,1H3,(H,16,18). The molecule has 1 aliphatic carbocycles. The van der Waals surface area contributed by atoms with Crippen molar-refractivity contribution in [1.29, 1.82) is 0 Å². The molecule has 0 bridgehead atoms. The minimum atomic E-state index is 0.702. The fraction of sp³-hybridized carbons (Fsp3) is 0.333. The van der Waals surface area contributed by atoms with Crippen LogP contribution in [0.3, 0.4) is 0 Å². The molecule has 20 heavy (non-hydrogen) atoms. The van der Waals surface area contributed by atoms with E-state index >= 15 is 0 Å². The number of aryl methyl sites for hydroxylation is 3. The number of pyridine rings is 1. The van der Waals surface area contributed by atoms with E-state index in [1.165, 1.54) is 24.1 Å². The predicted molar refractivity (Wildman–Crippen MR) is 81.4 cm³/mol. The summed E-state index contributed by atoms with van der Waals surface area (Å²) in [4.78, 5) is 7.45. The zero-order valence-corrected chi connectivity index (χ0v) is 12.2. The van der Waals surface area contributed by atoms with Crippen molar-refractivity contribution < 1.29 is 0 Å². The van der Waals surface area contributed by atoms with Crippen LogP contribution in [0.5, 0.6) is 0 Å². The van der Waals surface area contributed by atoms with Crippen LogP contribution < -0.4 is 5.32 Å². The Morgan fingerprint density at radius 2 is 2.30 bits per heavy atom. The Morgan fingerprint density at radius 3 is 3.15 bits per heavy atom. The fourth-order valence-corrected chi connectivity index (χ4v) is 3.95. The lowest BCUT2D eigenvalue weighted by molar-refractivity contribution is 0.907. The summed E-state index contributed by atoms with van der Waals surface area (Å²) in [7, 11) is 0. The molecule has 4 rings (SSSR count). The van der Waals surface area contributed by atoms with E-state index in [0.717, 1.165) is 17.9 Å². The highest BCUT2D eigenvalue weighted by atomic mass is 32.1. The summed E-state index contributed by atoms with van der Waals surface area (Å²) in [6.45, 7) is 2.85. The highest BCUT2D eigenvalue weighted by molar-refractivity contribution is 7.12. The molecular weight excluding hydrogens is 268 g/mol. The van der Waals surface area contributed by atoms with E-state index in [1.807, 2.05) is 41.0 Å². The number of nitrogens with zero attached hydrogens (tertiary/aromatic N) is 3. The Labute approximate surface area is 121 Å². The van der Waals surface area contributed by atoms with Gasteiger partial charge < -0.3 is 5.32 Å². The van der Waals surface area contributed by atoms with Crippen molar-refractivity contribution >= 4 is 22.9 Å². The highest BCUT2D eigenvalue weighted by Crippen LogP contribution is 2.30. The molecule has 0 atom stereocenters. The Balaban J connectivity index is 1.54. The molecule has 0 saturated heterocycles. The first kappa shape index (κ1) is 11.9. The van der Waals surface area contributed by atoms with Gasteiger partial charge in [-0.15, -0.1) is 16.4 Å². The summed E-state index contributed by atoms with van der Waals surface area (Å²) < 4.78 is 1.87. The number of anilines is 1. The fourth-order valence-electron chi connectivity index (χ4n) is 2.75. The van der Waals surface area contributed by atoms with Crippen molar-refractivity contribution in [3.8, 4) is 0 Å². The van der Waals surface area contributed by atoms with Gasteiger partial charge >= 0.3 is 0 Å². The second-order valence-electron chi connectivity index (χ2n) is 5.24. The number of nitrogens with one attached hydrogen (secondary N) is 1. The first-order valence-corrected chi connectivity index (χ1v) is 7.78. The Morgan fingerprint density at radius 1 is 1.35 bits per heavy atom. The SMILES string of the molecule is Cc1cccc2nc(NCc3cc4c(s3)CCC4)nn12. The van der Waals surface area contributed by atoms with Crippen molar-refractivity contribution in [1.82, 2.24) is 14.6 Å². The lowest BCUT2D eigenvalue weighted by Gasteiger charge is -1.98. The smallest absolute Gasteiger partial charge is 0.243 e. The molecule has 0 spiro atoms. The van der Waals surface area contributed by atoms with Crippen LogP contribution in [-0.4, -0.2) is 14.6 Å². The van der Waals surface area contributed by atoms with Crippen LogP contribution in [0.1, 0.15) is 27.4 Å². The summed E-state index contributed by atoms with van der Waals surface area (Å²) in [6.07, 6.45) is 3.82. The number of rotatable bonds is 3. The Kier molecular flexibility index (Phi) is 2.73. The van der Waals surface area contributed by atoms with E-state index in [2.05, 4.69) is 21.5 Å². The molecule has 3 aromatic rings. The molecule has 0 unspecified atom stereocenters. The third kappa shape index (κ3) is 1.98. The first-order chi connectivity index (χ1) is 9.79. The molecule has 0 fully saturated rings. The minimum absolute atomic E-state index is 0.702. The maximum Gasteiger partial charge on any atom is 0.243 e. The number of hydrogen-bond donors (Lipinski definition) is 1. The third-order valence-corrected chi connectivity index (χ3v) is 5.00. The summed E-state index contributed by atoms with van der Waals surface area (Å²) in [5, 5.41) is 7.82. The second kappa shape index (κ2) is 4.59. The Hall–Kier alpha value is -1.88. The molecule has 1 aliphatic rings. The number of hydrogen-bond acceptors (Lipinski definition) is 4. The van der Waals surface area contributed by atoms with Crippen molar-refractivity contribution in [2.75, 3.05) is 5.32 Å². The molecule has 0 amide bonds. The van der Waals surface area contributed by atoms with E-state index in [9.17, 15) is 0 Å². The van der Waals surface area contributed by atoms with Gasteiger partial charge in [-0.05, 0) is 49.9 Å². The van der Waals surface area contributed by atoms with Gasteiger partial charge in [0.25, 0.3) is 0 Å². The zero-order chi connectivity index (χ0) is 13.5. The Bertz CT molecular complexity index is 750. The average molecular weight is 284 g/mol. The van der Waals surface area contributed by atoms with Crippen LogP contribution in [0.2, 0.25) is 0 Å². The number of fused-ring (bicyclic) bond motifs is 2. The monoisotopic (exact) mass is 284 g/mol. The normalized spacial score (nSPS) is 13.8. The van der Waals surface area contributed by atoms with Crippen LogP contribution >= 0.6 is 11.3 Å². The van der Waals surface area contributed by atoms with Gasteiger partial charge in [0, 0.05) is 15.4 Å². The lowest BCUT2D eigenvalue weighted by Crippen LogP contribution is -2.00. The maximum absolute atomic E-state index is 4.50. The van der Waals surface area contributed by atoms with Gasteiger partial charge in [0.2, 0.25) is 5.95 Å². The van der Waals surface area contributed by atoms with Gasteiger partial charge in [-0.25, -0.2) is 4.52 Å². The summed E-state index contributed by atoms with van der Waals surface area (Å²) >= 11 is 1.93. The van der Waals surface area contributed by atoms with Gasteiger partial charge in [0.05, 0.1) is 6.54 Å². The van der Waals surface area contributed by atoms with Crippen LogP contribution in [0, 0.1) is 6.92 Å². The van der Waals surface area contributed by atoms with Crippen LogP contribution in [0.25, 0.3) is 5.65 Å². The predicted octanol–water partition coefficient (Wildman–Crippen LogP) is 3.20. The number of thiophene rings is 1. The summed E-state index contributed by atoms with van der Waals surface area (Å²) in [6, 6.07) is 8.36. The molecular formula is C15H16N4S. The van der Waals surface area contributed by atoms with Gasteiger partial charge in [-0.2, -0.15) is 4.98 Å². The van der Waals surface area contributed by atoms with Crippen LogP contribution in [0.15, 0.2) is 24.3 Å². The highest BCUT2D eigenvalue weighted by Gasteiger charge is 2.14. The molecule has 0 aromatic carbocycles. The van der Waals surface area contributed by atoms with Gasteiger partial charge in [-0.1, -0.05) is 6.07 Å². The molecule has 5 heteroatoms. The summed E-state index contributed by atoms with van der Waals surface area (Å²) in [5.41, 5.74) is 3.53. The van der Waals surface area contributed by atoms with Gasteiger partial charge in [0.1, 0.15) is 0 Å². The van der Waals surface area contributed by atoms with Crippen LogP contribution in [0.4, 0.5) is 5.95 Å². The number of aromatic nitrogens is 3. The van der Waals surface area contributed by atoms with Gasteiger partial charge in [-0.3, -0.25) is 0 Å². The minimum Gasteiger partial charge on any atom is -0.348 e. The van der Waals surface area contributed by atoms with Crippen molar-refractivity contribution in [2.45, 2.75) is 32.7 Å². The van der Waals surface area contributed by atoms with Gasteiger partial charge in [0.15, 0.2) is 5.65 Å². The second-order valence-corrected chi connectivity index (χ2v) is 6.46. The molecule has 0 aliphatic heterocycles. The van der Waals surface area contributed by atoms with Crippen LogP contribution in [-0.2, 0) is 19.4 Å². The molecule has 3 aromatic heterocycles. The average Bonchev–Trinajstić information content (AvgIpc) is 3.10. The molecule has 3 heterocycles. The van der Waals surface area contributed by atoms with E-state index < -0.39 is 0 Å². The largest absolute Gasteiger partial charge is 0.348 e. The van der Waals surface area contributed by atoms with E-state index in [4.69, 9.17) is 0 Å². The van der Waals surface area contributed by atoms with E-state index in [1.54, 1.807) is 10.4 Å². The maximum atomic E-state index is 4.50. The molecule has 1 N–H and O–H groups in total. The first-order valence-electron chi connectivity index (χ1n) is 6.96. The van der Waals surface area contributed by atoms with E-state index in [0.29, 0.717) is 5.95 Å². The third-order valence-electron chi connectivity index (χ3n) is 3.77. The lowest BCUT2D eigenvalue weighted by atomic mass is 10.2. The van der Waals surface area contributed by atoms with E-state index in [-0.39, 0.29) is 0 Å². The van der Waals surface area contributed by atoms with Crippen molar-refractivity contribution in [3.05, 3.63) is 45.3 Å². The van der Waals surface area contributed by atoms with Crippen molar-refractivity contribution in [2.24, 2.45) is 0 Å². The molecule has 4 nitrogen and oxygen atoms in total. The zero-order valence-electron chi connectivity index (χ0n) is 11.4. The molecule has 0 radical (unpaired) electrons. The summed E-state index contributed by atoms with van der Waals surface area (Å²) in [5.74, 6) is 0.702. The quantitative estimate of drug-likeness (QED) is 0.803. The topological polar surface area (TPSA) is 42.2 Å². The van der Waals surface area contributed by atoms with Crippen molar-refractivity contribution in [3.63, 3.8) is 0 Å².